The van der Waals surface area contributed by atoms with E-state index in [1.807, 2.05) is 60.7 Å². The molecule has 0 amide bonds. The number of phenolic OH excluding ortho intramolecular Hbond substituents is 3. The maximum atomic E-state index is 9.86. The number of aromatic hydroxyl groups is 3. The molecule has 0 saturated heterocycles. The summed E-state index contributed by atoms with van der Waals surface area (Å²) in [5.41, 5.74) is 5.91. The zero-order valence-corrected chi connectivity index (χ0v) is 15.6. The number of nitrogens with zero attached hydrogens (tertiary/aromatic N) is 4. The molecule has 0 atom stereocenters. The van der Waals surface area contributed by atoms with E-state index in [-0.39, 0.29) is 11.5 Å². The Morgan fingerprint density at radius 2 is 1.33 bits per heavy atom. The molecule has 0 radical (unpaired) electrons. The molecule has 1 aromatic heterocycles. The van der Waals surface area contributed by atoms with E-state index in [4.69, 9.17) is 0 Å². The first-order valence-corrected chi connectivity index (χ1v) is 9.02. The highest BCUT2D eigenvalue weighted by molar-refractivity contribution is 5.86. The van der Waals surface area contributed by atoms with Gasteiger partial charge in [-0.3, -0.25) is 0 Å². The van der Waals surface area contributed by atoms with Crippen LogP contribution in [0.3, 0.4) is 0 Å². The number of benzene rings is 3. The van der Waals surface area contributed by atoms with Crippen molar-refractivity contribution in [3.63, 3.8) is 0 Å². The van der Waals surface area contributed by atoms with E-state index in [1.165, 1.54) is 18.3 Å². The average molecular weight is 399 g/mol. The van der Waals surface area contributed by atoms with E-state index in [0.717, 1.165) is 11.1 Å². The topological polar surface area (TPSA) is 124 Å². The third kappa shape index (κ3) is 3.88. The van der Waals surface area contributed by atoms with Gasteiger partial charge in [0.25, 0.3) is 5.95 Å². The average Bonchev–Trinajstić information content (AvgIpc) is 2.80. The van der Waals surface area contributed by atoms with Gasteiger partial charge in [-0.2, -0.15) is 5.10 Å². The van der Waals surface area contributed by atoms with Gasteiger partial charge in [0.1, 0.15) is 11.4 Å². The normalized spacial score (nSPS) is 10.9. The second-order valence-corrected chi connectivity index (χ2v) is 6.31. The number of hydrazone groups is 1. The summed E-state index contributed by atoms with van der Waals surface area (Å²) in [5.74, 6) is -1.36. The second-order valence-electron chi connectivity index (χ2n) is 6.31. The van der Waals surface area contributed by atoms with Gasteiger partial charge in [0.05, 0.1) is 6.21 Å². The first-order chi connectivity index (χ1) is 14.6. The van der Waals surface area contributed by atoms with Gasteiger partial charge in [0.2, 0.25) is 5.75 Å². The molecule has 0 aliphatic heterocycles. The molecule has 4 rings (SSSR count). The van der Waals surface area contributed by atoms with Crippen LogP contribution in [0.5, 0.6) is 17.2 Å². The summed E-state index contributed by atoms with van der Waals surface area (Å²) >= 11 is 0. The van der Waals surface area contributed by atoms with E-state index in [1.54, 1.807) is 0 Å². The third-order valence-electron chi connectivity index (χ3n) is 4.31. The van der Waals surface area contributed by atoms with Crippen molar-refractivity contribution in [2.75, 3.05) is 5.43 Å². The van der Waals surface area contributed by atoms with Crippen molar-refractivity contribution in [3.05, 3.63) is 78.4 Å². The standard InChI is InChI=1S/C22H17N5O3/c28-17-12-11-16(20(29)21(17)30)13-23-26-22-24-18(14-7-3-1-4-8-14)19(25-27-22)15-9-5-2-6-10-15/h1-13,28-30H,(H,24,26,27). The number of rotatable bonds is 5. The van der Waals surface area contributed by atoms with Gasteiger partial charge in [0, 0.05) is 16.7 Å². The molecule has 4 aromatic rings. The highest BCUT2D eigenvalue weighted by Gasteiger charge is 2.13. The van der Waals surface area contributed by atoms with Gasteiger partial charge in [-0.25, -0.2) is 10.4 Å². The number of aromatic nitrogens is 3. The number of nitrogens with one attached hydrogen (secondary N) is 1. The fourth-order valence-electron chi connectivity index (χ4n) is 2.81. The minimum Gasteiger partial charge on any atom is -0.504 e. The molecule has 0 aliphatic carbocycles. The Labute approximate surface area is 171 Å². The molecule has 30 heavy (non-hydrogen) atoms. The summed E-state index contributed by atoms with van der Waals surface area (Å²) in [6.07, 6.45) is 1.27. The summed E-state index contributed by atoms with van der Waals surface area (Å²) in [4.78, 5) is 4.55. The zero-order chi connectivity index (χ0) is 20.9. The molecule has 0 unspecified atom stereocenters. The first kappa shape index (κ1) is 18.9. The maximum Gasteiger partial charge on any atom is 0.263 e. The minimum absolute atomic E-state index is 0.160. The van der Waals surface area contributed by atoms with Gasteiger partial charge in [-0.15, -0.1) is 10.2 Å². The molecule has 3 aromatic carbocycles. The van der Waals surface area contributed by atoms with Crippen molar-refractivity contribution in [1.29, 1.82) is 0 Å². The van der Waals surface area contributed by atoms with Crippen molar-refractivity contribution in [2.45, 2.75) is 0 Å². The van der Waals surface area contributed by atoms with Crippen LogP contribution in [0.2, 0.25) is 0 Å². The third-order valence-corrected chi connectivity index (χ3v) is 4.31. The molecule has 8 nitrogen and oxygen atoms in total. The van der Waals surface area contributed by atoms with E-state index in [0.29, 0.717) is 11.4 Å². The van der Waals surface area contributed by atoms with Crippen LogP contribution in [0, 0.1) is 0 Å². The Hall–Kier alpha value is -4.46. The fourth-order valence-corrected chi connectivity index (χ4v) is 2.81. The summed E-state index contributed by atoms with van der Waals surface area (Å²) in [5, 5.41) is 41.2. The Morgan fingerprint density at radius 1 is 0.700 bits per heavy atom. The summed E-state index contributed by atoms with van der Waals surface area (Å²) in [6.45, 7) is 0. The monoisotopic (exact) mass is 399 g/mol. The second kappa shape index (κ2) is 8.27. The Balaban J connectivity index is 1.66. The lowest BCUT2D eigenvalue weighted by molar-refractivity contribution is 0.367. The van der Waals surface area contributed by atoms with Crippen LogP contribution in [0.25, 0.3) is 22.5 Å². The summed E-state index contributed by atoms with van der Waals surface area (Å²) in [7, 11) is 0. The number of phenols is 3. The molecule has 0 saturated carbocycles. The van der Waals surface area contributed by atoms with Gasteiger partial charge in [0.15, 0.2) is 11.5 Å². The molecular formula is C22H17N5O3. The Morgan fingerprint density at radius 3 is 2.00 bits per heavy atom. The molecule has 0 bridgehead atoms. The minimum atomic E-state index is -0.615. The zero-order valence-electron chi connectivity index (χ0n) is 15.6. The van der Waals surface area contributed by atoms with Crippen LogP contribution in [0.15, 0.2) is 77.9 Å². The first-order valence-electron chi connectivity index (χ1n) is 9.02. The lowest BCUT2D eigenvalue weighted by atomic mass is 10.0. The van der Waals surface area contributed by atoms with Crippen molar-refractivity contribution >= 4 is 12.2 Å². The summed E-state index contributed by atoms with van der Waals surface area (Å²) < 4.78 is 0. The quantitative estimate of drug-likeness (QED) is 0.229. The van der Waals surface area contributed by atoms with Crippen molar-refractivity contribution in [1.82, 2.24) is 15.2 Å². The van der Waals surface area contributed by atoms with Crippen molar-refractivity contribution in [2.24, 2.45) is 5.10 Å². The predicted molar refractivity (Wildman–Crippen MR) is 113 cm³/mol. The van der Waals surface area contributed by atoms with Crippen LogP contribution in [0.4, 0.5) is 5.95 Å². The predicted octanol–water partition coefficient (Wildman–Crippen LogP) is 3.77. The van der Waals surface area contributed by atoms with E-state index >= 15 is 0 Å². The molecule has 0 spiro atoms. The molecule has 8 heteroatoms. The summed E-state index contributed by atoms with van der Waals surface area (Å²) in [6, 6.07) is 21.9. The van der Waals surface area contributed by atoms with Crippen molar-refractivity contribution in [3.8, 4) is 39.8 Å². The lowest BCUT2D eigenvalue weighted by Crippen LogP contribution is -2.03. The largest absolute Gasteiger partial charge is 0.504 e. The van der Waals surface area contributed by atoms with Gasteiger partial charge < -0.3 is 15.3 Å². The molecular weight excluding hydrogens is 382 g/mol. The lowest BCUT2D eigenvalue weighted by Gasteiger charge is -2.09. The number of hydrogen-bond acceptors (Lipinski definition) is 8. The Kier molecular flexibility index (Phi) is 5.21. The maximum absolute atomic E-state index is 9.86. The van der Waals surface area contributed by atoms with Crippen LogP contribution in [-0.4, -0.2) is 36.7 Å². The van der Waals surface area contributed by atoms with Crippen LogP contribution >= 0.6 is 0 Å². The van der Waals surface area contributed by atoms with Gasteiger partial charge in [-0.05, 0) is 12.1 Å². The number of anilines is 1. The van der Waals surface area contributed by atoms with Gasteiger partial charge >= 0.3 is 0 Å². The van der Waals surface area contributed by atoms with E-state index in [9.17, 15) is 15.3 Å². The van der Waals surface area contributed by atoms with Crippen LogP contribution < -0.4 is 5.43 Å². The highest BCUT2D eigenvalue weighted by Crippen LogP contribution is 2.36. The smallest absolute Gasteiger partial charge is 0.263 e. The van der Waals surface area contributed by atoms with Crippen molar-refractivity contribution < 1.29 is 15.3 Å². The number of hydrogen-bond donors (Lipinski definition) is 4. The van der Waals surface area contributed by atoms with Crippen LogP contribution in [0.1, 0.15) is 5.56 Å². The molecule has 1 heterocycles. The van der Waals surface area contributed by atoms with Crippen LogP contribution in [-0.2, 0) is 0 Å². The molecule has 4 N–H and O–H groups in total. The molecule has 148 valence electrons. The molecule has 0 aliphatic rings. The van der Waals surface area contributed by atoms with E-state index < -0.39 is 17.2 Å². The highest BCUT2D eigenvalue weighted by atomic mass is 16.3. The Bertz CT molecular complexity index is 1200. The SMILES string of the molecule is Oc1ccc(C=NNc2nnc(-c3ccccc3)c(-c3ccccc3)n2)c(O)c1O. The van der Waals surface area contributed by atoms with E-state index in [2.05, 4.69) is 25.7 Å². The molecule has 0 fully saturated rings. The fraction of sp³-hybridized carbons (Fsp3) is 0. The van der Waals surface area contributed by atoms with Gasteiger partial charge in [-0.1, -0.05) is 60.7 Å².